The van der Waals surface area contributed by atoms with Crippen LogP contribution in [0.15, 0.2) is 23.1 Å². The molecule has 2 atom stereocenters. The predicted octanol–water partition coefficient (Wildman–Crippen LogP) is 0.644. The Morgan fingerprint density at radius 3 is 2.32 bits per heavy atom. The third-order valence-electron chi connectivity index (χ3n) is 5.82. The van der Waals surface area contributed by atoms with E-state index in [1.165, 1.54) is 4.31 Å². The van der Waals surface area contributed by atoms with E-state index in [0.29, 0.717) is 25.7 Å². The summed E-state index contributed by atoms with van der Waals surface area (Å²) in [6, 6.07) is 2.95. The molecule has 2 saturated heterocycles. The molecule has 156 valence electrons. The molecule has 6 nitrogen and oxygen atoms in total. The topological polar surface area (TPSA) is 62.1 Å². The molecule has 0 saturated carbocycles. The number of piperazine rings is 1. The number of halogens is 2. The lowest BCUT2D eigenvalue weighted by Crippen LogP contribution is -3.16. The summed E-state index contributed by atoms with van der Waals surface area (Å²) in [7, 11) is -4.02. The van der Waals surface area contributed by atoms with E-state index in [1.807, 2.05) is 4.90 Å². The zero-order valence-electron chi connectivity index (χ0n) is 16.3. The number of sulfonamides is 1. The Hall–Kier alpha value is -1.58. The van der Waals surface area contributed by atoms with Crippen molar-refractivity contribution in [2.75, 3.05) is 32.7 Å². The highest BCUT2D eigenvalue weighted by Gasteiger charge is 2.35. The summed E-state index contributed by atoms with van der Waals surface area (Å²) in [6.07, 6.45) is 3.16. The zero-order valence-corrected chi connectivity index (χ0v) is 17.1. The summed E-state index contributed by atoms with van der Waals surface area (Å²) in [5.74, 6) is -1.79. The van der Waals surface area contributed by atoms with Gasteiger partial charge in [-0.1, -0.05) is 0 Å². The van der Waals surface area contributed by atoms with Crippen molar-refractivity contribution in [2.24, 2.45) is 0 Å². The quantitative estimate of drug-likeness (QED) is 0.784. The van der Waals surface area contributed by atoms with Crippen molar-refractivity contribution in [3.8, 4) is 0 Å². The third kappa shape index (κ3) is 4.36. The first-order chi connectivity index (χ1) is 13.2. The molecule has 0 bridgehead atoms. The minimum Gasteiger partial charge on any atom is -0.332 e. The number of amides is 1. The molecule has 1 aromatic carbocycles. The van der Waals surface area contributed by atoms with Gasteiger partial charge in [0.15, 0.2) is 6.54 Å². The Morgan fingerprint density at radius 1 is 1.14 bits per heavy atom. The largest absolute Gasteiger partial charge is 0.332 e. The molecule has 2 fully saturated rings. The smallest absolute Gasteiger partial charge is 0.278 e. The molecule has 0 spiro atoms. The molecule has 1 amide bonds. The van der Waals surface area contributed by atoms with E-state index < -0.39 is 26.6 Å². The maximum Gasteiger partial charge on any atom is 0.278 e. The molecule has 1 N–H and O–H groups in total. The number of carbonyl (C=O) groups excluding carboxylic acids is 1. The van der Waals surface area contributed by atoms with Crippen LogP contribution in [0, 0.1) is 11.6 Å². The van der Waals surface area contributed by atoms with Gasteiger partial charge < -0.3 is 9.80 Å². The first-order valence-corrected chi connectivity index (χ1v) is 11.2. The van der Waals surface area contributed by atoms with Gasteiger partial charge in [-0.15, -0.1) is 0 Å². The van der Waals surface area contributed by atoms with Crippen molar-refractivity contribution in [1.82, 2.24) is 9.21 Å². The molecule has 0 aliphatic carbocycles. The average Bonchev–Trinajstić information content (AvgIpc) is 2.61. The molecule has 1 aromatic rings. The molecule has 2 aliphatic rings. The number of rotatable bonds is 4. The normalized spacial score (nSPS) is 25.1. The lowest BCUT2D eigenvalue weighted by molar-refractivity contribution is -0.896. The van der Waals surface area contributed by atoms with Gasteiger partial charge in [-0.25, -0.2) is 17.2 Å². The lowest BCUT2D eigenvalue weighted by atomic mass is 9.97. The maximum atomic E-state index is 13.9. The van der Waals surface area contributed by atoms with Crippen LogP contribution in [0.25, 0.3) is 0 Å². The predicted molar refractivity (Wildman–Crippen MR) is 100 cm³/mol. The van der Waals surface area contributed by atoms with Crippen LogP contribution in [-0.4, -0.2) is 68.3 Å². The Labute approximate surface area is 165 Å². The van der Waals surface area contributed by atoms with Gasteiger partial charge in [0.25, 0.3) is 5.91 Å². The Balaban J connectivity index is 1.60. The number of nitrogens with zero attached hydrogens (tertiary/aromatic N) is 2. The summed E-state index contributed by atoms with van der Waals surface area (Å²) in [4.78, 5) is 15.2. The van der Waals surface area contributed by atoms with Gasteiger partial charge in [0, 0.05) is 18.2 Å². The van der Waals surface area contributed by atoms with Gasteiger partial charge in [-0.05, 0) is 45.2 Å². The Morgan fingerprint density at radius 2 is 1.75 bits per heavy atom. The van der Waals surface area contributed by atoms with Crippen molar-refractivity contribution in [2.45, 2.75) is 50.1 Å². The van der Waals surface area contributed by atoms with E-state index >= 15 is 0 Å². The monoisotopic (exact) mass is 416 g/mol. The summed E-state index contributed by atoms with van der Waals surface area (Å²) >= 11 is 0. The highest BCUT2D eigenvalue weighted by atomic mass is 32.2. The number of hydrogen-bond donors (Lipinski definition) is 1. The number of nitrogens with one attached hydrogen (secondary N) is 1. The van der Waals surface area contributed by atoms with Crippen LogP contribution in [-0.2, 0) is 14.8 Å². The molecule has 28 heavy (non-hydrogen) atoms. The summed E-state index contributed by atoms with van der Waals surface area (Å²) < 4.78 is 53.5. The second-order valence-electron chi connectivity index (χ2n) is 7.84. The van der Waals surface area contributed by atoms with Crippen molar-refractivity contribution < 1.29 is 26.9 Å². The molecule has 9 heteroatoms. The fourth-order valence-corrected chi connectivity index (χ4v) is 5.75. The molecule has 2 aliphatic heterocycles. The first-order valence-electron chi connectivity index (χ1n) is 9.80. The molecule has 3 rings (SSSR count). The SMILES string of the molecule is C[C@H]1CCC[C@H](C)N1C(=O)C[NH+]1CCN(S(=O)(=O)c2ccc(F)cc2F)CC1. The van der Waals surface area contributed by atoms with E-state index in [-0.39, 0.29) is 31.1 Å². The number of piperidine rings is 1. The molecule has 2 heterocycles. The van der Waals surface area contributed by atoms with Crippen LogP contribution < -0.4 is 4.90 Å². The minimum absolute atomic E-state index is 0.107. The fourth-order valence-electron chi connectivity index (χ4n) is 4.26. The van der Waals surface area contributed by atoms with Crippen LogP contribution in [0.2, 0.25) is 0 Å². The highest BCUT2D eigenvalue weighted by Crippen LogP contribution is 2.22. The van der Waals surface area contributed by atoms with Gasteiger partial charge in [0.05, 0.1) is 26.2 Å². The van der Waals surface area contributed by atoms with Crippen molar-refractivity contribution >= 4 is 15.9 Å². The van der Waals surface area contributed by atoms with E-state index in [2.05, 4.69) is 13.8 Å². The molecular weight excluding hydrogens is 388 g/mol. The minimum atomic E-state index is -4.02. The van der Waals surface area contributed by atoms with E-state index in [1.54, 1.807) is 0 Å². The van der Waals surface area contributed by atoms with Gasteiger partial charge >= 0.3 is 0 Å². The number of carbonyl (C=O) groups is 1. The number of hydrogen-bond acceptors (Lipinski definition) is 3. The third-order valence-corrected chi connectivity index (χ3v) is 7.76. The fraction of sp³-hybridized carbons (Fsp3) is 0.632. The molecular formula is C19H28F2N3O3S+. The van der Waals surface area contributed by atoms with Gasteiger partial charge in [-0.2, -0.15) is 4.31 Å². The number of quaternary nitrogens is 1. The number of likely N-dealkylation sites (tertiary alicyclic amines) is 1. The van der Waals surface area contributed by atoms with Crippen LogP contribution in [0.5, 0.6) is 0 Å². The van der Waals surface area contributed by atoms with Crippen LogP contribution >= 0.6 is 0 Å². The Kier molecular flexibility index (Phi) is 6.36. The van der Waals surface area contributed by atoms with Crippen molar-refractivity contribution in [1.29, 1.82) is 0 Å². The van der Waals surface area contributed by atoms with Crippen LogP contribution in [0.1, 0.15) is 33.1 Å². The molecule has 0 aromatic heterocycles. The maximum absolute atomic E-state index is 13.9. The van der Waals surface area contributed by atoms with Gasteiger partial charge in [-0.3, -0.25) is 4.79 Å². The molecule has 0 radical (unpaired) electrons. The van der Waals surface area contributed by atoms with Crippen molar-refractivity contribution in [3.63, 3.8) is 0 Å². The van der Waals surface area contributed by atoms with Crippen molar-refractivity contribution in [3.05, 3.63) is 29.8 Å². The highest BCUT2D eigenvalue weighted by molar-refractivity contribution is 7.89. The second-order valence-corrected chi connectivity index (χ2v) is 9.74. The van der Waals surface area contributed by atoms with Crippen LogP contribution in [0.3, 0.4) is 0 Å². The lowest BCUT2D eigenvalue weighted by Gasteiger charge is -2.40. The van der Waals surface area contributed by atoms with E-state index in [4.69, 9.17) is 0 Å². The van der Waals surface area contributed by atoms with Crippen LogP contribution in [0.4, 0.5) is 8.78 Å². The molecule has 0 unspecified atom stereocenters. The summed E-state index contributed by atoms with van der Waals surface area (Å²) in [5.41, 5.74) is 0. The second kappa shape index (κ2) is 8.42. The van der Waals surface area contributed by atoms with Gasteiger partial charge in [0.2, 0.25) is 10.0 Å². The van der Waals surface area contributed by atoms with E-state index in [9.17, 15) is 22.0 Å². The summed E-state index contributed by atoms with van der Waals surface area (Å²) in [5, 5.41) is 0. The van der Waals surface area contributed by atoms with Gasteiger partial charge in [0.1, 0.15) is 16.5 Å². The number of benzene rings is 1. The van der Waals surface area contributed by atoms with E-state index in [0.717, 1.165) is 36.3 Å². The zero-order chi connectivity index (χ0) is 20.5. The summed E-state index contributed by atoms with van der Waals surface area (Å²) in [6.45, 7) is 5.84. The average molecular weight is 417 g/mol. The standard InChI is InChI=1S/C19H27F2N3O3S/c1-14-4-3-5-15(2)24(14)19(25)13-22-8-10-23(11-9-22)28(26,27)18-7-6-16(20)12-17(18)21/h6-7,12,14-15H,3-5,8-11,13H2,1-2H3/p+1/t14-,15-/m0/s1. The Bertz CT molecular complexity index is 816. The first kappa shape index (κ1) is 21.1.